The summed E-state index contributed by atoms with van der Waals surface area (Å²) in [6.07, 6.45) is 8.33. The Morgan fingerprint density at radius 1 is 1.44 bits per heavy atom. The van der Waals surface area contributed by atoms with Crippen LogP contribution in [0.1, 0.15) is 13.3 Å². The van der Waals surface area contributed by atoms with Crippen molar-refractivity contribution in [2.45, 2.75) is 13.3 Å². The average Bonchev–Trinajstić information content (AvgIpc) is 1.86. The van der Waals surface area contributed by atoms with Crippen molar-refractivity contribution in [2.75, 3.05) is 0 Å². The van der Waals surface area contributed by atoms with Crippen LogP contribution < -0.4 is 0 Å². The molecule has 0 atom stereocenters. The second-order valence-electron chi connectivity index (χ2n) is 1.47. The van der Waals surface area contributed by atoms with Gasteiger partial charge in [-0.25, -0.2) is 11.6 Å². The number of hydrogen-bond acceptors (Lipinski definition) is 0. The number of allylic oxidation sites excluding steroid dienone is 4. The van der Waals surface area contributed by atoms with E-state index in [0.717, 1.165) is 6.42 Å². The van der Waals surface area contributed by atoms with Crippen LogP contribution in [0.25, 0.3) is 0 Å². The van der Waals surface area contributed by atoms with Crippen LogP contribution in [0.15, 0.2) is 17.7 Å². The van der Waals surface area contributed by atoms with Gasteiger partial charge in [-0.1, -0.05) is 6.92 Å². The van der Waals surface area contributed by atoms with Crippen LogP contribution in [0.5, 0.6) is 0 Å². The van der Waals surface area contributed by atoms with Gasteiger partial charge in [0.2, 0.25) is 0 Å². The van der Waals surface area contributed by atoms with Crippen LogP contribution in [-0.2, 0) is 19.8 Å². The Bertz CT molecular complexity index is 105. The van der Waals surface area contributed by atoms with E-state index in [1.165, 1.54) is 5.57 Å². The largest absolute Gasteiger partial charge is 1.00 e. The molecule has 1 aliphatic carbocycles. The summed E-state index contributed by atoms with van der Waals surface area (Å²) in [6.45, 7) is 2.06. The Morgan fingerprint density at radius 3 is 2.11 bits per heavy atom. The molecule has 55 valence electrons. The first-order valence-electron chi connectivity index (χ1n) is 2.13. The molecular weight excluding hydrogens is 300 g/mol. The molecular formula is C6H9F2Os. The Morgan fingerprint density at radius 2 is 2.00 bits per heavy atom. The van der Waals surface area contributed by atoms with Gasteiger partial charge in [0, 0.05) is 0 Å². The predicted molar refractivity (Wildman–Crippen MR) is 31.2 cm³/mol. The maximum atomic E-state index is 3.12. The van der Waals surface area contributed by atoms with E-state index in [4.69, 9.17) is 0 Å². The van der Waals surface area contributed by atoms with Gasteiger partial charge in [-0.3, -0.25) is 15.5 Å². The molecule has 0 aromatic heterocycles. The quantitative estimate of drug-likeness (QED) is 0.601. The maximum Gasteiger partial charge on any atom is 1.00 e. The van der Waals surface area contributed by atoms with Crippen LogP contribution >= 0.6 is 0 Å². The third-order valence-corrected chi connectivity index (χ3v) is 0.867. The minimum absolute atomic E-state index is 0. The summed E-state index contributed by atoms with van der Waals surface area (Å²) in [7, 11) is 0. The molecule has 1 radical (unpaired) electrons. The molecule has 0 aliphatic heterocycles. The zero-order chi connectivity index (χ0) is 4.41. The van der Waals surface area contributed by atoms with E-state index in [0.29, 0.717) is 0 Å². The smallest absolute Gasteiger partial charge is 0.270 e. The van der Waals surface area contributed by atoms with Crippen LogP contribution in [0.3, 0.4) is 0 Å². The second kappa shape index (κ2) is 7.98. The first-order chi connectivity index (χ1) is 2.89. The van der Waals surface area contributed by atoms with E-state index in [-0.39, 0.29) is 29.2 Å². The van der Waals surface area contributed by atoms with Gasteiger partial charge in [0.25, 0.3) is 0 Å². The van der Waals surface area contributed by atoms with E-state index in [1.54, 1.807) is 0 Å². The molecule has 0 bridgehead atoms. The summed E-state index contributed by atoms with van der Waals surface area (Å²) >= 11 is 0. The topological polar surface area (TPSA) is 0 Å². The molecule has 0 saturated heterocycles. The maximum absolute atomic E-state index is 3.12. The molecule has 0 saturated carbocycles. The fourth-order valence-electron chi connectivity index (χ4n) is 0.515. The molecule has 0 aromatic carbocycles. The molecule has 1 rings (SSSR count). The fraction of sp³-hybridized carbons (Fsp3) is 0.333. The van der Waals surface area contributed by atoms with Gasteiger partial charge in [-0.2, -0.15) is 6.08 Å². The SMILES string of the molecule is CC1=[C-]CC=C1.F.F.[Os+]. The summed E-state index contributed by atoms with van der Waals surface area (Å²) < 4.78 is 0. The van der Waals surface area contributed by atoms with Gasteiger partial charge in [0.1, 0.15) is 0 Å². The molecule has 0 nitrogen and oxygen atoms in total. The van der Waals surface area contributed by atoms with Gasteiger partial charge >= 0.3 is 19.8 Å². The molecule has 0 unspecified atom stereocenters. The molecule has 0 N–H and O–H groups in total. The molecule has 0 spiro atoms. The Kier molecular flexibility index (Phi) is 14.2. The molecule has 0 aromatic rings. The number of hydrogen-bond donors (Lipinski definition) is 0. The van der Waals surface area contributed by atoms with Crippen LogP contribution in [-0.4, -0.2) is 0 Å². The van der Waals surface area contributed by atoms with Crippen molar-refractivity contribution in [1.29, 1.82) is 0 Å². The van der Waals surface area contributed by atoms with Gasteiger partial charge in [0.15, 0.2) is 0 Å². The van der Waals surface area contributed by atoms with E-state index in [9.17, 15) is 0 Å². The molecule has 9 heavy (non-hydrogen) atoms. The zero-order valence-electron chi connectivity index (χ0n) is 5.03. The Balaban J connectivity index is -0.000000120. The second-order valence-corrected chi connectivity index (χ2v) is 1.47. The summed E-state index contributed by atoms with van der Waals surface area (Å²) in [5.41, 5.74) is 1.27. The Hall–Kier alpha value is -0.0236. The number of halogens is 2. The Labute approximate surface area is 66.8 Å². The van der Waals surface area contributed by atoms with Gasteiger partial charge in [-0.15, -0.1) is 6.42 Å². The normalized spacial score (nSPS) is 12.3. The molecule has 3 heteroatoms. The summed E-state index contributed by atoms with van der Waals surface area (Å²) in [6, 6.07) is 0. The van der Waals surface area contributed by atoms with Crippen molar-refractivity contribution in [1.82, 2.24) is 0 Å². The van der Waals surface area contributed by atoms with Crippen molar-refractivity contribution >= 4 is 0 Å². The van der Waals surface area contributed by atoms with Crippen molar-refractivity contribution < 1.29 is 29.2 Å². The fourth-order valence-corrected chi connectivity index (χ4v) is 0.515. The van der Waals surface area contributed by atoms with Crippen molar-refractivity contribution in [2.24, 2.45) is 0 Å². The predicted octanol–water partition coefficient (Wildman–Crippen LogP) is 2.00. The molecule has 0 amide bonds. The van der Waals surface area contributed by atoms with Crippen molar-refractivity contribution in [3.05, 3.63) is 23.8 Å². The zero-order valence-corrected chi connectivity index (χ0v) is 7.57. The van der Waals surface area contributed by atoms with Crippen LogP contribution in [0.4, 0.5) is 9.41 Å². The summed E-state index contributed by atoms with van der Waals surface area (Å²) in [5.74, 6) is 0. The minimum atomic E-state index is 0. The summed E-state index contributed by atoms with van der Waals surface area (Å²) in [4.78, 5) is 0. The van der Waals surface area contributed by atoms with E-state index in [2.05, 4.69) is 25.2 Å². The first kappa shape index (κ1) is 16.0. The van der Waals surface area contributed by atoms with Gasteiger partial charge in [-0.05, 0) is 0 Å². The monoisotopic (exact) mass is 311 g/mol. The van der Waals surface area contributed by atoms with E-state index in [1.807, 2.05) is 0 Å². The first-order valence-corrected chi connectivity index (χ1v) is 2.13. The van der Waals surface area contributed by atoms with E-state index < -0.39 is 0 Å². The third-order valence-electron chi connectivity index (χ3n) is 0.867. The molecule has 1 aliphatic rings. The average molecular weight is 309 g/mol. The van der Waals surface area contributed by atoms with Crippen LogP contribution in [0, 0.1) is 6.08 Å². The van der Waals surface area contributed by atoms with E-state index >= 15 is 0 Å². The van der Waals surface area contributed by atoms with Crippen LogP contribution in [0.2, 0.25) is 0 Å². The molecule has 0 fully saturated rings. The van der Waals surface area contributed by atoms with Gasteiger partial charge < -0.3 is 0 Å². The third kappa shape index (κ3) is 5.85. The van der Waals surface area contributed by atoms with Crippen molar-refractivity contribution in [3.63, 3.8) is 0 Å². The molecule has 0 heterocycles. The van der Waals surface area contributed by atoms with Gasteiger partial charge in [0.05, 0.1) is 0 Å². The van der Waals surface area contributed by atoms with Crippen molar-refractivity contribution in [3.8, 4) is 0 Å². The standard InChI is InChI=1S/C6H7.2FH.Os/c1-6-4-2-3-5-6;;;/h2,4H,3H2,1H3;2*1H;/q-1;;;+1. The number of rotatable bonds is 0. The summed E-state index contributed by atoms with van der Waals surface area (Å²) in [5, 5.41) is 0. The minimum Gasteiger partial charge on any atom is -0.270 e.